The molecule has 1 aromatic carbocycles. The average molecular weight is 442 g/mol. The predicted molar refractivity (Wildman–Crippen MR) is 112 cm³/mol. The molecule has 0 aromatic heterocycles. The minimum absolute atomic E-state index is 0. The quantitative estimate of drug-likeness (QED) is 0.403. The van der Waals surface area contributed by atoms with Gasteiger partial charge in [0.1, 0.15) is 0 Å². The van der Waals surface area contributed by atoms with Crippen LogP contribution in [0.15, 0.2) is 29.3 Å². The van der Waals surface area contributed by atoms with Gasteiger partial charge in [0.05, 0.1) is 0 Å². The Hall–Kier alpha value is -0.820. The van der Waals surface area contributed by atoms with Crippen molar-refractivity contribution >= 4 is 29.9 Å². The lowest BCUT2D eigenvalue weighted by Gasteiger charge is -2.27. The molecule has 1 aromatic rings. The molecule has 134 valence electrons. The third-order valence-corrected chi connectivity index (χ3v) is 4.89. The molecule has 1 saturated heterocycles. The Bertz CT molecular complexity index is 522. The minimum Gasteiger partial charge on any atom is -0.356 e. The van der Waals surface area contributed by atoms with Gasteiger partial charge in [-0.15, -0.1) is 24.0 Å². The van der Waals surface area contributed by atoms with Gasteiger partial charge in [-0.25, -0.2) is 0 Å². The number of likely N-dealkylation sites (tertiary alicyclic amines) is 1. The summed E-state index contributed by atoms with van der Waals surface area (Å²) >= 11 is 0. The second-order valence-corrected chi connectivity index (χ2v) is 6.86. The normalized spacial score (nSPS) is 18.8. The van der Waals surface area contributed by atoms with E-state index in [2.05, 4.69) is 44.8 Å². The third kappa shape index (κ3) is 6.24. The van der Waals surface area contributed by atoms with E-state index in [0.29, 0.717) is 0 Å². The lowest BCUT2D eigenvalue weighted by Crippen LogP contribution is -2.38. The summed E-state index contributed by atoms with van der Waals surface area (Å²) in [7, 11) is 1.85. The van der Waals surface area contributed by atoms with E-state index >= 15 is 0 Å². The van der Waals surface area contributed by atoms with E-state index in [1.807, 2.05) is 7.05 Å². The Balaban J connectivity index is 0.00000208. The lowest BCUT2D eigenvalue weighted by atomic mass is 10.0. The van der Waals surface area contributed by atoms with E-state index in [0.717, 1.165) is 31.5 Å². The topological polar surface area (TPSA) is 39.7 Å². The first-order chi connectivity index (χ1) is 11.3. The maximum absolute atomic E-state index is 4.33. The Morgan fingerprint density at radius 3 is 2.46 bits per heavy atom. The highest BCUT2D eigenvalue weighted by atomic mass is 127. The van der Waals surface area contributed by atoms with Crippen molar-refractivity contribution in [3.8, 4) is 0 Å². The van der Waals surface area contributed by atoms with E-state index in [1.165, 1.54) is 56.3 Å². The fraction of sp³-hybridized carbons (Fsp3) is 0.632. The SMILES string of the molecule is CN=C(NCc1ccccc1CN1CCCCC1)NCC1CC1.I. The van der Waals surface area contributed by atoms with Gasteiger partial charge in [-0.05, 0) is 55.8 Å². The Morgan fingerprint density at radius 1 is 1.08 bits per heavy atom. The van der Waals surface area contributed by atoms with Crippen LogP contribution < -0.4 is 10.6 Å². The number of halogens is 1. The van der Waals surface area contributed by atoms with Crippen molar-refractivity contribution in [1.29, 1.82) is 0 Å². The van der Waals surface area contributed by atoms with E-state index in [9.17, 15) is 0 Å². The van der Waals surface area contributed by atoms with Crippen molar-refractivity contribution in [2.45, 2.75) is 45.2 Å². The summed E-state index contributed by atoms with van der Waals surface area (Å²) in [6.45, 7) is 5.45. The number of nitrogens with zero attached hydrogens (tertiary/aromatic N) is 2. The Labute approximate surface area is 163 Å². The Morgan fingerprint density at radius 2 is 1.79 bits per heavy atom. The Kier molecular flexibility index (Phi) is 8.32. The molecular formula is C19H31IN4. The molecule has 3 rings (SSSR count). The second kappa shape index (κ2) is 10.2. The molecule has 0 atom stereocenters. The number of aliphatic imine (C=N–C) groups is 1. The molecule has 24 heavy (non-hydrogen) atoms. The van der Waals surface area contributed by atoms with Crippen LogP contribution in [0.25, 0.3) is 0 Å². The van der Waals surface area contributed by atoms with Gasteiger partial charge in [-0.2, -0.15) is 0 Å². The van der Waals surface area contributed by atoms with Gasteiger partial charge in [0, 0.05) is 26.7 Å². The molecule has 0 radical (unpaired) electrons. The summed E-state index contributed by atoms with van der Waals surface area (Å²) < 4.78 is 0. The fourth-order valence-corrected chi connectivity index (χ4v) is 3.21. The van der Waals surface area contributed by atoms with E-state index in [1.54, 1.807) is 0 Å². The molecule has 2 N–H and O–H groups in total. The zero-order valence-corrected chi connectivity index (χ0v) is 17.1. The fourth-order valence-electron chi connectivity index (χ4n) is 3.21. The zero-order chi connectivity index (χ0) is 15.9. The van der Waals surface area contributed by atoms with Crippen molar-refractivity contribution in [2.24, 2.45) is 10.9 Å². The molecule has 0 unspecified atom stereocenters. The maximum atomic E-state index is 4.33. The van der Waals surface area contributed by atoms with Gasteiger partial charge in [0.25, 0.3) is 0 Å². The number of benzene rings is 1. The molecule has 1 aliphatic heterocycles. The number of hydrogen-bond acceptors (Lipinski definition) is 2. The van der Waals surface area contributed by atoms with Crippen LogP contribution in [0, 0.1) is 5.92 Å². The summed E-state index contributed by atoms with van der Waals surface area (Å²) in [5.41, 5.74) is 2.83. The van der Waals surface area contributed by atoms with Crippen LogP contribution >= 0.6 is 24.0 Å². The van der Waals surface area contributed by atoms with Crippen LogP contribution in [0.3, 0.4) is 0 Å². The highest BCUT2D eigenvalue weighted by Gasteiger charge is 2.21. The average Bonchev–Trinajstić information content (AvgIpc) is 3.42. The zero-order valence-electron chi connectivity index (χ0n) is 14.8. The van der Waals surface area contributed by atoms with Gasteiger partial charge in [0.15, 0.2) is 5.96 Å². The first kappa shape index (κ1) is 19.5. The minimum atomic E-state index is 0. The van der Waals surface area contributed by atoms with Gasteiger partial charge < -0.3 is 10.6 Å². The molecule has 0 amide bonds. The van der Waals surface area contributed by atoms with Crippen molar-refractivity contribution in [3.63, 3.8) is 0 Å². The number of hydrogen-bond donors (Lipinski definition) is 2. The predicted octanol–water partition coefficient (Wildman–Crippen LogP) is 3.37. The van der Waals surface area contributed by atoms with Crippen LogP contribution in [0.5, 0.6) is 0 Å². The van der Waals surface area contributed by atoms with Crippen LogP contribution in [0.1, 0.15) is 43.2 Å². The van der Waals surface area contributed by atoms with E-state index in [-0.39, 0.29) is 24.0 Å². The van der Waals surface area contributed by atoms with Crippen molar-refractivity contribution in [3.05, 3.63) is 35.4 Å². The summed E-state index contributed by atoms with van der Waals surface area (Å²) in [6.07, 6.45) is 6.81. The van der Waals surface area contributed by atoms with Gasteiger partial charge in [-0.3, -0.25) is 9.89 Å². The van der Waals surface area contributed by atoms with E-state index < -0.39 is 0 Å². The number of rotatable bonds is 6. The van der Waals surface area contributed by atoms with Crippen LogP contribution in [0.4, 0.5) is 0 Å². The number of nitrogens with one attached hydrogen (secondary N) is 2. The maximum Gasteiger partial charge on any atom is 0.191 e. The molecule has 0 bridgehead atoms. The number of piperidine rings is 1. The first-order valence-corrected chi connectivity index (χ1v) is 9.09. The summed E-state index contributed by atoms with van der Waals surface area (Å²) in [4.78, 5) is 6.92. The van der Waals surface area contributed by atoms with Crippen LogP contribution in [-0.4, -0.2) is 37.5 Å². The highest BCUT2D eigenvalue weighted by Crippen LogP contribution is 2.27. The van der Waals surface area contributed by atoms with Gasteiger partial charge in [-0.1, -0.05) is 30.7 Å². The standard InChI is InChI=1S/C19H30N4.HI/c1-20-19(21-13-16-9-10-16)22-14-17-7-3-4-8-18(17)15-23-11-5-2-6-12-23;/h3-4,7-8,16H,2,5-6,9-15H2,1H3,(H2,20,21,22);1H. The smallest absolute Gasteiger partial charge is 0.191 e. The molecule has 1 saturated carbocycles. The van der Waals surface area contributed by atoms with E-state index in [4.69, 9.17) is 0 Å². The summed E-state index contributed by atoms with van der Waals surface area (Å²) in [6, 6.07) is 8.80. The molecule has 5 heteroatoms. The second-order valence-electron chi connectivity index (χ2n) is 6.86. The van der Waals surface area contributed by atoms with Crippen molar-refractivity contribution in [1.82, 2.24) is 15.5 Å². The molecule has 2 fully saturated rings. The lowest BCUT2D eigenvalue weighted by molar-refractivity contribution is 0.220. The summed E-state index contributed by atoms with van der Waals surface area (Å²) in [5.74, 6) is 1.78. The third-order valence-electron chi connectivity index (χ3n) is 4.89. The number of guanidine groups is 1. The molecule has 4 nitrogen and oxygen atoms in total. The van der Waals surface area contributed by atoms with Crippen LogP contribution in [-0.2, 0) is 13.1 Å². The first-order valence-electron chi connectivity index (χ1n) is 9.09. The largest absolute Gasteiger partial charge is 0.356 e. The highest BCUT2D eigenvalue weighted by molar-refractivity contribution is 14.0. The summed E-state index contributed by atoms with van der Waals surface area (Å²) in [5, 5.41) is 6.90. The molecule has 1 aliphatic carbocycles. The van der Waals surface area contributed by atoms with Gasteiger partial charge in [0.2, 0.25) is 0 Å². The molecule has 1 heterocycles. The molecule has 2 aliphatic rings. The molecular weight excluding hydrogens is 411 g/mol. The van der Waals surface area contributed by atoms with Crippen molar-refractivity contribution in [2.75, 3.05) is 26.7 Å². The van der Waals surface area contributed by atoms with Gasteiger partial charge >= 0.3 is 0 Å². The van der Waals surface area contributed by atoms with Crippen molar-refractivity contribution < 1.29 is 0 Å². The molecule has 0 spiro atoms. The monoisotopic (exact) mass is 442 g/mol. The van der Waals surface area contributed by atoms with Crippen LogP contribution in [0.2, 0.25) is 0 Å².